The average Bonchev–Trinajstić information content (AvgIpc) is 2.47. The van der Waals surface area contributed by atoms with Gasteiger partial charge < -0.3 is 10.4 Å². The monoisotopic (exact) mass is 191 g/mol. The lowest BCUT2D eigenvalue weighted by Crippen LogP contribution is -2.10. The molecule has 2 atom stereocenters. The highest BCUT2D eigenvalue weighted by atomic mass is 16.3. The highest BCUT2D eigenvalue weighted by Crippen LogP contribution is 2.34. The number of hydrogen-bond donors (Lipinski definition) is 2. The Hall–Kier alpha value is -1.02. The first-order chi connectivity index (χ1) is 6.66. The van der Waals surface area contributed by atoms with Crippen LogP contribution in [0.5, 0.6) is 0 Å². The third kappa shape index (κ3) is 1.75. The van der Waals surface area contributed by atoms with E-state index in [0.29, 0.717) is 5.92 Å². The van der Waals surface area contributed by atoms with E-state index >= 15 is 0 Å². The van der Waals surface area contributed by atoms with E-state index < -0.39 is 0 Å². The van der Waals surface area contributed by atoms with Crippen LogP contribution in [0, 0.1) is 6.92 Å². The molecule has 14 heavy (non-hydrogen) atoms. The molecule has 1 aromatic rings. The van der Waals surface area contributed by atoms with Gasteiger partial charge in [0.2, 0.25) is 0 Å². The predicted octanol–water partition coefficient (Wildman–Crippen LogP) is 2.28. The van der Waals surface area contributed by atoms with Gasteiger partial charge in [0.25, 0.3) is 0 Å². The van der Waals surface area contributed by atoms with E-state index in [1.165, 1.54) is 16.8 Å². The Morgan fingerprint density at radius 2 is 2.36 bits per heavy atom. The van der Waals surface area contributed by atoms with Gasteiger partial charge >= 0.3 is 0 Å². The van der Waals surface area contributed by atoms with Crippen molar-refractivity contribution in [2.45, 2.75) is 32.3 Å². The number of anilines is 1. The maximum Gasteiger partial charge on any atom is 0.0518 e. The molecule has 2 rings (SSSR count). The molecule has 2 nitrogen and oxygen atoms in total. The summed E-state index contributed by atoms with van der Waals surface area (Å²) < 4.78 is 0. The van der Waals surface area contributed by atoms with Crippen LogP contribution >= 0.6 is 0 Å². The fourth-order valence-electron chi connectivity index (χ4n) is 2.15. The van der Waals surface area contributed by atoms with Crippen molar-refractivity contribution in [1.29, 1.82) is 0 Å². The first-order valence-electron chi connectivity index (χ1n) is 5.19. The summed E-state index contributed by atoms with van der Waals surface area (Å²) in [7, 11) is 0. The van der Waals surface area contributed by atoms with Crippen molar-refractivity contribution in [3.8, 4) is 0 Å². The molecule has 76 valence electrons. The second kappa shape index (κ2) is 3.62. The zero-order valence-electron chi connectivity index (χ0n) is 8.75. The van der Waals surface area contributed by atoms with Crippen molar-refractivity contribution in [2.24, 2.45) is 0 Å². The first-order valence-corrected chi connectivity index (χ1v) is 5.19. The standard InChI is InChI=1S/C12H17NO/c1-8-3-4-12-11(5-8)10(7-13-12)6-9(2)14/h3-5,9-10,13-14H,6-7H2,1-2H3. The van der Waals surface area contributed by atoms with Gasteiger partial charge in [0.1, 0.15) is 0 Å². The molecule has 0 radical (unpaired) electrons. The van der Waals surface area contributed by atoms with Gasteiger partial charge in [-0.05, 0) is 31.9 Å². The van der Waals surface area contributed by atoms with E-state index in [1.807, 2.05) is 6.92 Å². The third-order valence-electron chi connectivity index (χ3n) is 2.81. The highest BCUT2D eigenvalue weighted by Gasteiger charge is 2.22. The van der Waals surface area contributed by atoms with Gasteiger partial charge in [-0.2, -0.15) is 0 Å². The number of aliphatic hydroxyl groups is 1. The van der Waals surface area contributed by atoms with Gasteiger partial charge in [0.15, 0.2) is 0 Å². The molecule has 0 bridgehead atoms. The average molecular weight is 191 g/mol. The fourth-order valence-corrected chi connectivity index (χ4v) is 2.15. The molecule has 2 heteroatoms. The van der Waals surface area contributed by atoms with Crippen LogP contribution in [0.25, 0.3) is 0 Å². The number of aliphatic hydroxyl groups excluding tert-OH is 1. The van der Waals surface area contributed by atoms with Crippen LogP contribution in [0.1, 0.15) is 30.4 Å². The quantitative estimate of drug-likeness (QED) is 0.751. The molecule has 0 saturated heterocycles. The molecule has 1 heterocycles. The topological polar surface area (TPSA) is 32.3 Å². The van der Waals surface area contributed by atoms with Gasteiger partial charge in [0, 0.05) is 18.2 Å². The van der Waals surface area contributed by atoms with Gasteiger partial charge in [-0.3, -0.25) is 0 Å². The maximum atomic E-state index is 9.38. The smallest absolute Gasteiger partial charge is 0.0518 e. The van der Waals surface area contributed by atoms with E-state index in [9.17, 15) is 5.11 Å². The summed E-state index contributed by atoms with van der Waals surface area (Å²) in [6.07, 6.45) is 0.636. The number of hydrogen-bond acceptors (Lipinski definition) is 2. The number of nitrogens with one attached hydrogen (secondary N) is 1. The number of aryl methyl sites for hydroxylation is 1. The molecule has 1 aliphatic heterocycles. The fraction of sp³-hybridized carbons (Fsp3) is 0.500. The second-order valence-electron chi connectivity index (χ2n) is 4.25. The van der Waals surface area contributed by atoms with Crippen LogP contribution in [-0.2, 0) is 0 Å². The Kier molecular flexibility index (Phi) is 2.46. The molecule has 0 saturated carbocycles. The predicted molar refractivity (Wildman–Crippen MR) is 58.7 cm³/mol. The van der Waals surface area contributed by atoms with Crippen molar-refractivity contribution in [1.82, 2.24) is 0 Å². The van der Waals surface area contributed by atoms with Crippen molar-refractivity contribution < 1.29 is 5.11 Å². The van der Waals surface area contributed by atoms with Gasteiger partial charge in [0.05, 0.1) is 6.10 Å². The minimum Gasteiger partial charge on any atom is -0.393 e. The summed E-state index contributed by atoms with van der Waals surface area (Å²) in [5.74, 6) is 0.477. The molecule has 2 N–H and O–H groups in total. The Labute approximate surface area is 85.0 Å². The lowest BCUT2D eigenvalue weighted by molar-refractivity contribution is 0.176. The zero-order chi connectivity index (χ0) is 10.1. The number of rotatable bonds is 2. The van der Waals surface area contributed by atoms with Crippen LogP contribution in [0.3, 0.4) is 0 Å². The van der Waals surface area contributed by atoms with Crippen molar-refractivity contribution in [3.63, 3.8) is 0 Å². The SMILES string of the molecule is Cc1ccc2c(c1)C(CC(C)O)CN2. The normalized spacial score (nSPS) is 21.5. The molecular formula is C12H17NO. The van der Waals surface area contributed by atoms with Crippen molar-refractivity contribution >= 4 is 5.69 Å². The zero-order valence-corrected chi connectivity index (χ0v) is 8.75. The van der Waals surface area contributed by atoms with Crippen LogP contribution in [0.15, 0.2) is 18.2 Å². The Bertz CT molecular complexity index is 333. The number of fused-ring (bicyclic) bond motifs is 1. The van der Waals surface area contributed by atoms with Gasteiger partial charge in [-0.15, -0.1) is 0 Å². The molecular weight excluding hydrogens is 174 g/mol. The third-order valence-corrected chi connectivity index (χ3v) is 2.81. The largest absolute Gasteiger partial charge is 0.393 e. The lowest BCUT2D eigenvalue weighted by Gasteiger charge is -2.12. The Morgan fingerprint density at radius 3 is 3.07 bits per heavy atom. The van der Waals surface area contributed by atoms with E-state index in [-0.39, 0.29) is 6.10 Å². The van der Waals surface area contributed by atoms with Crippen LogP contribution < -0.4 is 5.32 Å². The van der Waals surface area contributed by atoms with E-state index in [2.05, 4.69) is 30.4 Å². The minimum atomic E-state index is -0.215. The number of benzene rings is 1. The lowest BCUT2D eigenvalue weighted by atomic mass is 9.94. The molecule has 1 aromatic carbocycles. The summed E-state index contributed by atoms with van der Waals surface area (Å²) in [5.41, 5.74) is 3.90. The first kappa shape index (κ1) is 9.53. The van der Waals surface area contributed by atoms with Crippen LogP contribution in [0.4, 0.5) is 5.69 Å². The van der Waals surface area contributed by atoms with Gasteiger partial charge in [-0.1, -0.05) is 17.7 Å². The van der Waals surface area contributed by atoms with Crippen molar-refractivity contribution in [3.05, 3.63) is 29.3 Å². The summed E-state index contributed by atoms with van der Waals surface area (Å²) in [5, 5.41) is 12.8. The molecule has 0 spiro atoms. The molecule has 0 aliphatic carbocycles. The highest BCUT2D eigenvalue weighted by molar-refractivity contribution is 5.58. The Balaban J connectivity index is 2.24. The summed E-state index contributed by atoms with van der Waals surface area (Å²) >= 11 is 0. The van der Waals surface area contributed by atoms with Crippen molar-refractivity contribution in [2.75, 3.05) is 11.9 Å². The summed E-state index contributed by atoms with van der Waals surface area (Å²) in [6.45, 7) is 4.93. The molecule has 0 fully saturated rings. The molecule has 2 unspecified atom stereocenters. The van der Waals surface area contributed by atoms with Crippen LogP contribution in [-0.4, -0.2) is 17.8 Å². The molecule has 0 amide bonds. The second-order valence-corrected chi connectivity index (χ2v) is 4.25. The minimum absolute atomic E-state index is 0.215. The maximum absolute atomic E-state index is 9.38. The van der Waals surface area contributed by atoms with Crippen LogP contribution in [0.2, 0.25) is 0 Å². The van der Waals surface area contributed by atoms with Gasteiger partial charge in [-0.25, -0.2) is 0 Å². The van der Waals surface area contributed by atoms with E-state index in [4.69, 9.17) is 0 Å². The molecule has 1 aliphatic rings. The van der Waals surface area contributed by atoms with E-state index in [0.717, 1.165) is 13.0 Å². The summed E-state index contributed by atoms with van der Waals surface area (Å²) in [4.78, 5) is 0. The Morgan fingerprint density at radius 1 is 1.57 bits per heavy atom. The molecule has 0 aromatic heterocycles. The summed E-state index contributed by atoms with van der Waals surface area (Å²) in [6, 6.07) is 6.48. The van der Waals surface area contributed by atoms with E-state index in [1.54, 1.807) is 0 Å².